The summed E-state index contributed by atoms with van der Waals surface area (Å²) < 4.78 is 5.35. The number of piperazine rings is 1. The molecule has 1 aliphatic rings. The van der Waals surface area contributed by atoms with Crippen LogP contribution in [0.15, 0.2) is 0 Å². The van der Waals surface area contributed by atoms with Crippen molar-refractivity contribution in [1.29, 1.82) is 0 Å². The van der Waals surface area contributed by atoms with E-state index in [2.05, 4.69) is 0 Å². The molecule has 0 atom stereocenters. The summed E-state index contributed by atoms with van der Waals surface area (Å²) in [6.07, 6.45) is -0.307. The molecule has 1 rings (SSSR count). The van der Waals surface area contributed by atoms with Gasteiger partial charge in [0.15, 0.2) is 0 Å². The minimum absolute atomic E-state index is 0.0452. The van der Waals surface area contributed by atoms with Gasteiger partial charge < -0.3 is 14.5 Å². The van der Waals surface area contributed by atoms with Crippen LogP contribution in [0.2, 0.25) is 0 Å². The van der Waals surface area contributed by atoms with Gasteiger partial charge in [-0.1, -0.05) is 0 Å². The number of ether oxygens (including phenoxy) is 1. The number of hydrogen-bond acceptors (Lipinski definition) is 3. The number of carbonyl (C=O) groups is 2. The van der Waals surface area contributed by atoms with Crippen LogP contribution >= 0.6 is 0 Å². The summed E-state index contributed by atoms with van der Waals surface area (Å²) in [5.74, 6) is 0.0452. The molecule has 0 radical (unpaired) electrons. The largest absolute Gasteiger partial charge is 0.444 e. The van der Waals surface area contributed by atoms with Gasteiger partial charge in [0.25, 0.3) is 0 Å². The van der Waals surface area contributed by atoms with Crippen LogP contribution in [0.5, 0.6) is 0 Å². The average Bonchev–Trinajstić information content (AvgIpc) is 2.12. The van der Waals surface area contributed by atoms with Gasteiger partial charge in [-0.15, -0.1) is 0 Å². The normalized spacial score (nSPS) is 19.7. The van der Waals surface area contributed by atoms with Crippen LogP contribution < -0.4 is 0 Å². The summed E-state index contributed by atoms with van der Waals surface area (Å²) in [6.45, 7) is 12.6. The molecule has 2 amide bonds. The van der Waals surface area contributed by atoms with Gasteiger partial charge in [-0.05, 0) is 34.6 Å². The fraction of sp³-hybridized carbons (Fsp3) is 0.846. The van der Waals surface area contributed by atoms with Crippen LogP contribution in [0.3, 0.4) is 0 Å². The summed E-state index contributed by atoms with van der Waals surface area (Å²) in [5, 5.41) is 0. The van der Waals surface area contributed by atoms with Crippen molar-refractivity contribution in [1.82, 2.24) is 9.80 Å². The predicted molar refractivity (Wildman–Crippen MR) is 69.3 cm³/mol. The van der Waals surface area contributed by atoms with E-state index in [0.717, 1.165) is 0 Å². The molecular weight excluding hydrogens is 232 g/mol. The molecule has 0 aromatic rings. The summed E-state index contributed by atoms with van der Waals surface area (Å²) >= 11 is 0. The van der Waals surface area contributed by atoms with Crippen LogP contribution in [0.4, 0.5) is 4.79 Å². The zero-order valence-corrected chi connectivity index (χ0v) is 12.2. The predicted octanol–water partition coefficient (Wildman–Crippen LogP) is 1.86. The molecule has 5 nitrogen and oxygen atoms in total. The third kappa shape index (κ3) is 3.62. The highest BCUT2D eigenvalue weighted by molar-refractivity contribution is 5.75. The smallest absolute Gasteiger partial charge is 0.410 e. The molecule has 0 unspecified atom stereocenters. The fourth-order valence-electron chi connectivity index (χ4n) is 2.22. The Labute approximate surface area is 109 Å². The molecule has 104 valence electrons. The molecule has 0 spiro atoms. The lowest BCUT2D eigenvalue weighted by molar-refractivity contribution is -0.137. The van der Waals surface area contributed by atoms with Crippen LogP contribution in [-0.2, 0) is 9.53 Å². The Morgan fingerprint density at radius 1 is 1.17 bits per heavy atom. The van der Waals surface area contributed by atoms with Crippen LogP contribution in [0.1, 0.15) is 41.5 Å². The first-order valence-corrected chi connectivity index (χ1v) is 6.29. The Morgan fingerprint density at radius 2 is 1.72 bits per heavy atom. The van der Waals surface area contributed by atoms with E-state index in [1.807, 2.05) is 34.6 Å². The fourth-order valence-corrected chi connectivity index (χ4v) is 2.22. The second-order valence-corrected chi connectivity index (χ2v) is 6.38. The minimum atomic E-state index is -0.487. The highest BCUT2D eigenvalue weighted by Crippen LogP contribution is 2.22. The average molecular weight is 256 g/mol. The zero-order valence-electron chi connectivity index (χ0n) is 12.2. The first-order valence-electron chi connectivity index (χ1n) is 6.29. The van der Waals surface area contributed by atoms with Gasteiger partial charge in [0, 0.05) is 26.6 Å². The molecule has 0 aromatic carbocycles. The minimum Gasteiger partial charge on any atom is -0.444 e. The summed E-state index contributed by atoms with van der Waals surface area (Å²) in [7, 11) is 0. The van der Waals surface area contributed by atoms with Gasteiger partial charge in [-0.2, -0.15) is 0 Å². The summed E-state index contributed by atoms with van der Waals surface area (Å²) in [4.78, 5) is 27.0. The third-order valence-electron chi connectivity index (χ3n) is 2.93. The van der Waals surface area contributed by atoms with Crippen molar-refractivity contribution >= 4 is 12.0 Å². The van der Waals surface area contributed by atoms with E-state index < -0.39 is 5.60 Å². The molecule has 0 saturated carbocycles. The summed E-state index contributed by atoms with van der Waals surface area (Å²) in [5.41, 5.74) is -0.833. The van der Waals surface area contributed by atoms with E-state index in [1.54, 1.807) is 16.7 Å². The van der Waals surface area contributed by atoms with Crippen molar-refractivity contribution in [3.05, 3.63) is 0 Å². The van der Waals surface area contributed by atoms with E-state index in [1.165, 1.54) is 0 Å². The lowest BCUT2D eigenvalue weighted by Crippen LogP contribution is -2.62. The van der Waals surface area contributed by atoms with Crippen molar-refractivity contribution < 1.29 is 14.3 Å². The lowest BCUT2D eigenvalue weighted by Gasteiger charge is -2.46. The molecule has 5 heteroatoms. The summed E-state index contributed by atoms with van der Waals surface area (Å²) in [6, 6.07) is 0. The molecule has 18 heavy (non-hydrogen) atoms. The molecule has 1 saturated heterocycles. The zero-order chi connectivity index (χ0) is 14.1. The van der Waals surface area contributed by atoms with E-state index in [9.17, 15) is 9.59 Å². The molecule has 0 N–H and O–H groups in total. The van der Waals surface area contributed by atoms with E-state index in [0.29, 0.717) is 19.6 Å². The van der Waals surface area contributed by atoms with Gasteiger partial charge in [-0.25, -0.2) is 4.79 Å². The Bertz CT molecular complexity index is 345. The monoisotopic (exact) mass is 256 g/mol. The first-order chi connectivity index (χ1) is 8.03. The topological polar surface area (TPSA) is 49.9 Å². The van der Waals surface area contributed by atoms with Gasteiger partial charge >= 0.3 is 6.09 Å². The molecule has 0 bridgehead atoms. The molecule has 1 aliphatic heterocycles. The SMILES string of the molecule is CC(=O)N1CCN(C(=O)OC(C)(C)C)CC1(C)C. The van der Waals surface area contributed by atoms with E-state index >= 15 is 0 Å². The maximum atomic E-state index is 12.0. The molecule has 0 aromatic heterocycles. The number of nitrogens with zero attached hydrogens (tertiary/aromatic N) is 2. The quantitative estimate of drug-likeness (QED) is 0.664. The number of hydrogen-bond donors (Lipinski definition) is 0. The molecule has 1 heterocycles. The van der Waals surface area contributed by atoms with Crippen molar-refractivity contribution in [2.45, 2.75) is 52.7 Å². The standard InChI is InChI=1S/C13H24N2O3/c1-10(16)15-8-7-14(9-13(15,5)6)11(17)18-12(2,3)4/h7-9H2,1-6H3. The number of amides is 2. The van der Waals surface area contributed by atoms with Gasteiger partial charge in [0.2, 0.25) is 5.91 Å². The van der Waals surface area contributed by atoms with E-state index in [-0.39, 0.29) is 17.5 Å². The first kappa shape index (κ1) is 14.8. The van der Waals surface area contributed by atoms with Crippen LogP contribution in [0.25, 0.3) is 0 Å². The second kappa shape index (κ2) is 4.78. The van der Waals surface area contributed by atoms with Crippen molar-refractivity contribution in [2.24, 2.45) is 0 Å². The number of rotatable bonds is 0. The van der Waals surface area contributed by atoms with Crippen molar-refractivity contribution in [3.8, 4) is 0 Å². The Hall–Kier alpha value is -1.26. The number of carbonyl (C=O) groups excluding carboxylic acids is 2. The van der Waals surface area contributed by atoms with Gasteiger partial charge in [-0.3, -0.25) is 4.79 Å². The maximum Gasteiger partial charge on any atom is 0.410 e. The van der Waals surface area contributed by atoms with Crippen LogP contribution in [0, 0.1) is 0 Å². The lowest BCUT2D eigenvalue weighted by atomic mass is 9.99. The molecular formula is C13H24N2O3. The van der Waals surface area contributed by atoms with E-state index in [4.69, 9.17) is 4.74 Å². The highest BCUT2D eigenvalue weighted by Gasteiger charge is 2.38. The Kier molecular flexibility index (Phi) is 3.93. The molecule has 1 fully saturated rings. The van der Waals surface area contributed by atoms with Crippen LogP contribution in [-0.4, -0.2) is 52.6 Å². The van der Waals surface area contributed by atoms with Crippen molar-refractivity contribution in [2.75, 3.05) is 19.6 Å². The maximum absolute atomic E-state index is 12.0. The Morgan fingerprint density at radius 3 is 2.11 bits per heavy atom. The molecule has 0 aliphatic carbocycles. The second-order valence-electron chi connectivity index (χ2n) is 6.38. The Balaban J connectivity index is 2.69. The van der Waals surface area contributed by atoms with Gasteiger partial charge in [0.05, 0.1) is 5.54 Å². The third-order valence-corrected chi connectivity index (χ3v) is 2.93. The van der Waals surface area contributed by atoms with Crippen molar-refractivity contribution in [3.63, 3.8) is 0 Å². The van der Waals surface area contributed by atoms with Gasteiger partial charge in [0.1, 0.15) is 5.60 Å². The highest BCUT2D eigenvalue weighted by atomic mass is 16.6.